The minimum atomic E-state index is 0.0583. The van der Waals surface area contributed by atoms with Crippen LogP contribution in [0.15, 0.2) is 29.1 Å². The number of hydrogen-bond acceptors (Lipinski definition) is 4. The molecule has 1 atom stereocenters. The van der Waals surface area contributed by atoms with Crippen LogP contribution in [-0.2, 0) is 6.42 Å². The second-order valence-corrected chi connectivity index (χ2v) is 6.57. The first kappa shape index (κ1) is 17.5. The van der Waals surface area contributed by atoms with Crippen molar-refractivity contribution >= 4 is 0 Å². The van der Waals surface area contributed by atoms with Crippen LogP contribution in [0.1, 0.15) is 34.7 Å². The molecule has 1 aliphatic carbocycles. The number of methoxy groups -OCH3 is 2. The van der Waals surface area contributed by atoms with Gasteiger partial charge < -0.3 is 14.8 Å². The second-order valence-electron chi connectivity index (χ2n) is 6.57. The van der Waals surface area contributed by atoms with Gasteiger partial charge in [-0.15, -0.1) is 0 Å². The van der Waals surface area contributed by atoms with Crippen molar-refractivity contribution < 1.29 is 9.47 Å². The van der Waals surface area contributed by atoms with Crippen LogP contribution >= 0.6 is 0 Å². The summed E-state index contributed by atoms with van der Waals surface area (Å²) in [5.41, 5.74) is 6.17. The lowest BCUT2D eigenvalue weighted by atomic mass is 9.94. The Kier molecular flexibility index (Phi) is 4.82. The van der Waals surface area contributed by atoms with Crippen LogP contribution in [0, 0.1) is 13.8 Å². The van der Waals surface area contributed by atoms with E-state index >= 15 is 0 Å². The van der Waals surface area contributed by atoms with Crippen LogP contribution in [0.4, 0.5) is 0 Å². The lowest BCUT2D eigenvalue weighted by molar-refractivity contribution is 0.353. The van der Waals surface area contributed by atoms with Crippen LogP contribution in [0.25, 0.3) is 11.1 Å². The van der Waals surface area contributed by atoms with E-state index in [0.717, 1.165) is 52.2 Å². The molecule has 4 nitrogen and oxygen atoms in total. The predicted molar refractivity (Wildman–Crippen MR) is 101 cm³/mol. The van der Waals surface area contributed by atoms with Gasteiger partial charge >= 0.3 is 0 Å². The molecule has 1 N–H and O–H groups in total. The van der Waals surface area contributed by atoms with Crippen molar-refractivity contribution in [3.05, 3.63) is 56.7 Å². The van der Waals surface area contributed by atoms with Gasteiger partial charge in [-0.1, -0.05) is 18.2 Å². The SMILES string of the molecule is CNC1CCc2cc(C)c(OC)c(OC)c2-c2ccc(C)c(=O)cc21. The van der Waals surface area contributed by atoms with E-state index in [2.05, 4.69) is 11.4 Å². The van der Waals surface area contributed by atoms with Crippen molar-refractivity contribution in [3.8, 4) is 22.6 Å². The third-order valence-electron chi connectivity index (χ3n) is 5.09. The van der Waals surface area contributed by atoms with Crippen LogP contribution in [0.2, 0.25) is 0 Å². The average molecular weight is 339 g/mol. The van der Waals surface area contributed by atoms with E-state index in [-0.39, 0.29) is 11.5 Å². The normalized spacial score (nSPS) is 15.8. The van der Waals surface area contributed by atoms with Crippen molar-refractivity contribution in [1.29, 1.82) is 0 Å². The van der Waals surface area contributed by atoms with Crippen molar-refractivity contribution in [2.75, 3.05) is 21.3 Å². The third-order valence-corrected chi connectivity index (χ3v) is 5.09. The van der Waals surface area contributed by atoms with Gasteiger partial charge in [-0.05, 0) is 67.6 Å². The molecule has 2 aromatic rings. The Morgan fingerprint density at radius 3 is 2.40 bits per heavy atom. The Labute approximate surface area is 148 Å². The van der Waals surface area contributed by atoms with Crippen molar-refractivity contribution in [1.82, 2.24) is 5.32 Å². The minimum Gasteiger partial charge on any atom is -0.493 e. The third kappa shape index (κ3) is 2.91. The summed E-state index contributed by atoms with van der Waals surface area (Å²) in [6.07, 6.45) is 1.83. The molecule has 0 spiro atoms. The smallest absolute Gasteiger partial charge is 0.181 e. The molecule has 0 radical (unpaired) electrons. The van der Waals surface area contributed by atoms with Crippen LogP contribution in [0.5, 0.6) is 11.5 Å². The molecule has 3 rings (SSSR count). The highest BCUT2D eigenvalue weighted by Crippen LogP contribution is 2.47. The van der Waals surface area contributed by atoms with E-state index < -0.39 is 0 Å². The van der Waals surface area contributed by atoms with Gasteiger partial charge in [0.05, 0.1) is 14.2 Å². The lowest BCUT2D eigenvalue weighted by Gasteiger charge is -2.19. The standard InChI is InChI=1S/C21H25NO3/c1-12-6-8-15-16(11-18(12)23)17(22-3)9-7-14-10-13(2)20(24-4)21(25-5)19(14)15/h6,8,10-11,17,22H,7,9H2,1-5H3. The van der Waals surface area contributed by atoms with E-state index in [9.17, 15) is 4.79 Å². The molecule has 25 heavy (non-hydrogen) atoms. The number of ether oxygens (including phenoxy) is 2. The number of benzene rings is 1. The largest absolute Gasteiger partial charge is 0.493 e. The summed E-state index contributed by atoms with van der Waals surface area (Å²) in [6.45, 7) is 3.89. The highest BCUT2D eigenvalue weighted by Gasteiger charge is 2.27. The zero-order valence-electron chi connectivity index (χ0n) is 15.5. The molecule has 0 saturated carbocycles. The van der Waals surface area contributed by atoms with Gasteiger partial charge in [0.15, 0.2) is 16.9 Å². The maximum absolute atomic E-state index is 12.4. The fourth-order valence-electron chi connectivity index (χ4n) is 3.77. The molecule has 0 saturated heterocycles. The molecule has 0 fully saturated rings. The summed E-state index contributed by atoms with van der Waals surface area (Å²) in [5, 5.41) is 3.37. The average Bonchev–Trinajstić information content (AvgIpc) is 2.83. The Hall–Kier alpha value is -2.33. The summed E-state index contributed by atoms with van der Waals surface area (Å²) < 4.78 is 11.4. The topological polar surface area (TPSA) is 47.6 Å². The maximum atomic E-state index is 12.4. The van der Waals surface area contributed by atoms with E-state index in [1.807, 2.05) is 33.0 Å². The summed E-state index contributed by atoms with van der Waals surface area (Å²) in [5.74, 6) is 1.49. The Morgan fingerprint density at radius 2 is 1.76 bits per heavy atom. The van der Waals surface area contributed by atoms with Crippen LogP contribution in [0.3, 0.4) is 0 Å². The Balaban J connectivity index is 2.45. The van der Waals surface area contributed by atoms with Gasteiger partial charge in [-0.2, -0.15) is 0 Å². The minimum absolute atomic E-state index is 0.0583. The Morgan fingerprint density at radius 1 is 1.04 bits per heavy atom. The first-order valence-corrected chi connectivity index (χ1v) is 8.58. The quantitative estimate of drug-likeness (QED) is 0.929. The molecule has 0 bridgehead atoms. The van der Waals surface area contributed by atoms with Gasteiger partial charge in [-0.3, -0.25) is 4.79 Å². The van der Waals surface area contributed by atoms with E-state index in [0.29, 0.717) is 0 Å². The number of hydrogen-bond donors (Lipinski definition) is 1. The molecule has 0 aliphatic heterocycles. The zero-order valence-corrected chi connectivity index (χ0v) is 15.5. The molecular weight excluding hydrogens is 314 g/mol. The summed E-state index contributed by atoms with van der Waals surface area (Å²) >= 11 is 0. The fourth-order valence-corrected chi connectivity index (χ4v) is 3.77. The second kappa shape index (κ2) is 6.89. The predicted octanol–water partition coefficient (Wildman–Crippen LogP) is 3.55. The zero-order chi connectivity index (χ0) is 18.1. The molecule has 1 aliphatic rings. The molecule has 0 aromatic heterocycles. The number of aryl methyl sites for hydroxylation is 3. The molecule has 0 amide bonds. The highest BCUT2D eigenvalue weighted by atomic mass is 16.5. The number of nitrogens with one attached hydrogen (secondary N) is 1. The van der Waals surface area contributed by atoms with E-state index in [1.54, 1.807) is 20.3 Å². The van der Waals surface area contributed by atoms with Gasteiger partial charge in [-0.25, -0.2) is 0 Å². The molecule has 2 aromatic carbocycles. The number of rotatable bonds is 3. The van der Waals surface area contributed by atoms with Crippen molar-refractivity contribution in [3.63, 3.8) is 0 Å². The molecule has 132 valence electrons. The first-order chi connectivity index (χ1) is 12.0. The molecule has 4 heteroatoms. The van der Waals surface area contributed by atoms with Crippen molar-refractivity contribution in [2.45, 2.75) is 32.7 Å². The van der Waals surface area contributed by atoms with Gasteiger partial charge in [0, 0.05) is 11.6 Å². The summed E-state index contributed by atoms with van der Waals surface area (Å²) in [7, 11) is 5.28. The van der Waals surface area contributed by atoms with Crippen LogP contribution in [-0.4, -0.2) is 21.3 Å². The van der Waals surface area contributed by atoms with Gasteiger partial charge in [0.25, 0.3) is 0 Å². The van der Waals surface area contributed by atoms with E-state index in [4.69, 9.17) is 9.47 Å². The highest BCUT2D eigenvalue weighted by molar-refractivity contribution is 5.81. The Bertz CT molecular complexity index is 874. The van der Waals surface area contributed by atoms with Crippen LogP contribution < -0.4 is 20.2 Å². The molecular formula is C21H25NO3. The fraction of sp³-hybridized carbons (Fsp3) is 0.381. The van der Waals surface area contributed by atoms with Crippen molar-refractivity contribution in [2.24, 2.45) is 0 Å². The molecule has 1 unspecified atom stereocenters. The van der Waals surface area contributed by atoms with Gasteiger partial charge in [0.2, 0.25) is 0 Å². The molecule has 0 heterocycles. The maximum Gasteiger partial charge on any atom is 0.181 e. The lowest BCUT2D eigenvalue weighted by Crippen LogP contribution is -2.17. The number of fused-ring (bicyclic) bond motifs is 3. The summed E-state index contributed by atoms with van der Waals surface area (Å²) in [4.78, 5) is 12.4. The van der Waals surface area contributed by atoms with Gasteiger partial charge in [0.1, 0.15) is 0 Å². The first-order valence-electron chi connectivity index (χ1n) is 8.58. The summed E-state index contributed by atoms with van der Waals surface area (Å²) in [6, 6.07) is 8.01. The van der Waals surface area contributed by atoms with E-state index in [1.165, 1.54) is 5.56 Å². The monoisotopic (exact) mass is 339 g/mol.